The fourth-order valence-electron chi connectivity index (χ4n) is 3.09. The molecule has 0 N–H and O–H groups in total. The first-order valence-corrected chi connectivity index (χ1v) is 7.69. The van der Waals surface area contributed by atoms with E-state index >= 15 is 0 Å². The Hall–Kier alpha value is -2.69. The summed E-state index contributed by atoms with van der Waals surface area (Å²) < 4.78 is 21.8. The molecule has 0 aliphatic carbocycles. The van der Waals surface area contributed by atoms with Gasteiger partial charge in [0.1, 0.15) is 5.75 Å². The molecule has 0 aromatic heterocycles. The second kappa shape index (κ2) is 6.43. The Morgan fingerprint density at radius 1 is 1.00 bits per heavy atom. The van der Waals surface area contributed by atoms with Crippen molar-refractivity contribution in [2.24, 2.45) is 0 Å². The van der Waals surface area contributed by atoms with E-state index in [4.69, 9.17) is 18.9 Å². The lowest BCUT2D eigenvalue weighted by Crippen LogP contribution is -2.22. The van der Waals surface area contributed by atoms with Crippen LogP contribution in [-0.4, -0.2) is 27.3 Å². The summed E-state index contributed by atoms with van der Waals surface area (Å²) in [6, 6.07) is 9.79. The van der Waals surface area contributed by atoms with Gasteiger partial charge in [-0.1, -0.05) is 29.8 Å². The van der Waals surface area contributed by atoms with E-state index in [-0.39, 0.29) is 18.3 Å². The van der Waals surface area contributed by atoms with Crippen LogP contribution in [0.1, 0.15) is 29.0 Å². The molecule has 0 amide bonds. The highest BCUT2D eigenvalue weighted by Crippen LogP contribution is 2.52. The molecule has 2 aromatic carbocycles. The van der Waals surface area contributed by atoms with Crippen molar-refractivity contribution in [1.82, 2.24) is 0 Å². The molecule has 2 aromatic rings. The first-order chi connectivity index (χ1) is 11.6. The summed E-state index contributed by atoms with van der Waals surface area (Å²) in [4.78, 5) is 12.1. The van der Waals surface area contributed by atoms with E-state index in [2.05, 4.69) is 0 Å². The molecule has 0 fully saturated rings. The lowest BCUT2D eigenvalue weighted by Gasteiger charge is -2.28. The van der Waals surface area contributed by atoms with Crippen LogP contribution in [0.3, 0.4) is 0 Å². The van der Waals surface area contributed by atoms with E-state index in [0.29, 0.717) is 23.0 Å². The third kappa shape index (κ3) is 2.66. The van der Waals surface area contributed by atoms with Gasteiger partial charge in [0.2, 0.25) is 5.75 Å². The van der Waals surface area contributed by atoms with Crippen LogP contribution in [0.25, 0.3) is 0 Å². The van der Waals surface area contributed by atoms with Gasteiger partial charge >= 0.3 is 5.97 Å². The third-order valence-electron chi connectivity index (χ3n) is 4.25. The van der Waals surface area contributed by atoms with Crippen LogP contribution in [0, 0.1) is 6.92 Å². The van der Waals surface area contributed by atoms with Crippen LogP contribution in [0.15, 0.2) is 30.3 Å². The van der Waals surface area contributed by atoms with Crippen molar-refractivity contribution in [2.75, 3.05) is 21.3 Å². The van der Waals surface area contributed by atoms with Gasteiger partial charge in [-0.15, -0.1) is 0 Å². The van der Waals surface area contributed by atoms with E-state index in [0.717, 1.165) is 16.7 Å². The minimum atomic E-state index is -0.276. The van der Waals surface area contributed by atoms with Gasteiger partial charge in [0.15, 0.2) is 11.5 Å². The van der Waals surface area contributed by atoms with E-state index in [1.54, 1.807) is 20.3 Å². The number of fused-ring (bicyclic) bond motifs is 1. The minimum absolute atomic E-state index is 0.156. The number of rotatable bonds is 4. The standard InChI is InChI=1S/C19H20O5/c1-11-5-7-12(8-6-11)13-9-16(20)24-14-10-15(21-2)18(22-3)19(23-4)17(13)14/h5-8,10,13H,9H2,1-4H3/t13-/m1/s1. The molecule has 126 valence electrons. The summed E-state index contributed by atoms with van der Waals surface area (Å²) in [7, 11) is 4.66. The number of hydrogen-bond acceptors (Lipinski definition) is 5. The maximum atomic E-state index is 12.1. The van der Waals surface area contributed by atoms with E-state index < -0.39 is 0 Å². The van der Waals surface area contributed by atoms with E-state index in [9.17, 15) is 4.79 Å². The number of carbonyl (C=O) groups excluding carboxylic acids is 1. The molecule has 5 nitrogen and oxygen atoms in total. The molecule has 0 radical (unpaired) electrons. The van der Waals surface area contributed by atoms with Crippen LogP contribution >= 0.6 is 0 Å². The van der Waals surface area contributed by atoms with Crippen molar-refractivity contribution in [3.05, 3.63) is 47.0 Å². The first-order valence-electron chi connectivity index (χ1n) is 7.69. The fourth-order valence-corrected chi connectivity index (χ4v) is 3.09. The number of benzene rings is 2. The minimum Gasteiger partial charge on any atom is -0.493 e. The van der Waals surface area contributed by atoms with Gasteiger partial charge in [0.05, 0.1) is 27.8 Å². The fraction of sp³-hybridized carbons (Fsp3) is 0.316. The molecule has 1 aliphatic heterocycles. The number of ether oxygens (including phenoxy) is 4. The molecule has 0 spiro atoms. The van der Waals surface area contributed by atoms with Crippen molar-refractivity contribution in [1.29, 1.82) is 0 Å². The van der Waals surface area contributed by atoms with Crippen LogP contribution in [-0.2, 0) is 4.79 Å². The van der Waals surface area contributed by atoms with Crippen molar-refractivity contribution in [3.63, 3.8) is 0 Å². The number of carbonyl (C=O) groups is 1. The van der Waals surface area contributed by atoms with Gasteiger partial charge in [-0.25, -0.2) is 0 Å². The Bertz CT molecular complexity index is 764. The van der Waals surface area contributed by atoms with Crippen molar-refractivity contribution in [2.45, 2.75) is 19.3 Å². The zero-order chi connectivity index (χ0) is 17.3. The van der Waals surface area contributed by atoms with E-state index in [1.807, 2.05) is 31.2 Å². The molecule has 1 atom stereocenters. The normalized spacial score (nSPS) is 16.2. The quantitative estimate of drug-likeness (QED) is 0.635. The smallest absolute Gasteiger partial charge is 0.312 e. The molecule has 3 rings (SSSR count). The summed E-state index contributed by atoms with van der Waals surface area (Å²) in [6.45, 7) is 2.03. The summed E-state index contributed by atoms with van der Waals surface area (Å²) in [6.07, 6.45) is 0.252. The SMILES string of the molecule is COc1cc2c(c(OC)c1OC)[C@@H](c1ccc(C)cc1)CC(=O)O2. The lowest BCUT2D eigenvalue weighted by atomic mass is 9.85. The Labute approximate surface area is 141 Å². The summed E-state index contributed by atoms with van der Waals surface area (Å²) >= 11 is 0. The van der Waals surface area contributed by atoms with Gasteiger partial charge < -0.3 is 18.9 Å². The maximum absolute atomic E-state index is 12.1. The highest BCUT2D eigenvalue weighted by molar-refractivity contribution is 5.80. The molecule has 24 heavy (non-hydrogen) atoms. The van der Waals surface area contributed by atoms with Crippen LogP contribution < -0.4 is 18.9 Å². The first kappa shape index (κ1) is 16.2. The second-order valence-corrected chi connectivity index (χ2v) is 5.70. The molecule has 0 saturated heterocycles. The maximum Gasteiger partial charge on any atom is 0.312 e. The largest absolute Gasteiger partial charge is 0.493 e. The Morgan fingerprint density at radius 3 is 2.25 bits per heavy atom. The number of hydrogen-bond donors (Lipinski definition) is 0. The zero-order valence-corrected chi connectivity index (χ0v) is 14.2. The van der Waals surface area contributed by atoms with Crippen molar-refractivity contribution in [3.8, 4) is 23.0 Å². The predicted molar refractivity (Wildman–Crippen MR) is 89.4 cm³/mol. The monoisotopic (exact) mass is 328 g/mol. The molecule has 0 bridgehead atoms. The highest BCUT2D eigenvalue weighted by Gasteiger charge is 2.35. The van der Waals surface area contributed by atoms with Gasteiger partial charge in [0, 0.05) is 17.5 Å². The summed E-state index contributed by atoms with van der Waals surface area (Å²) in [5.41, 5.74) is 3.00. The molecule has 5 heteroatoms. The van der Waals surface area contributed by atoms with Gasteiger partial charge in [0.25, 0.3) is 0 Å². The Balaban J connectivity index is 2.23. The van der Waals surface area contributed by atoms with Crippen molar-refractivity contribution >= 4 is 5.97 Å². The average molecular weight is 328 g/mol. The number of aryl methyl sites for hydroxylation is 1. The third-order valence-corrected chi connectivity index (χ3v) is 4.25. The average Bonchev–Trinajstić information content (AvgIpc) is 2.59. The second-order valence-electron chi connectivity index (χ2n) is 5.70. The summed E-state index contributed by atoms with van der Waals surface area (Å²) in [5, 5.41) is 0. The highest BCUT2D eigenvalue weighted by atomic mass is 16.5. The van der Waals surface area contributed by atoms with Crippen molar-refractivity contribution < 1.29 is 23.7 Å². The number of methoxy groups -OCH3 is 3. The Kier molecular flexibility index (Phi) is 4.34. The van der Waals surface area contributed by atoms with E-state index in [1.165, 1.54) is 7.11 Å². The molecule has 0 unspecified atom stereocenters. The van der Waals surface area contributed by atoms with Crippen LogP contribution in [0.5, 0.6) is 23.0 Å². The molecule has 1 heterocycles. The number of esters is 1. The van der Waals surface area contributed by atoms with Gasteiger partial charge in [-0.3, -0.25) is 4.79 Å². The van der Waals surface area contributed by atoms with Gasteiger partial charge in [-0.05, 0) is 12.5 Å². The predicted octanol–water partition coefficient (Wildman–Crippen LogP) is 3.46. The molecular weight excluding hydrogens is 308 g/mol. The van der Waals surface area contributed by atoms with Gasteiger partial charge in [-0.2, -0.15) is 0 Å². The lowest BCUT2D eigenvalue weighted by molar-refractivity contribution is -0.135. The van der Waals surface area contributed by atoms with Crippen LogP contribution in [0.2, 0.25) is 0 Å². The summed E-state index contributed by atoms with van der Waals surface area (Å²) in [5.74, 6) is 1.51. The topological polar surface area (TPSA) is 54.0 Å². The molecule has 0 saturated carbocycles. The Morgan fingerprint density at radius 2 is 1.67 bits per heavy atom. The zero-order valence-electron chi connectivity index (χ0n) is 14.2. The molecular formula is C19H20O5. The molecule has 1 aliphatic rings. The van der Waals surface area contributed by atoms with Crippen LogP contribution in [0.4, 0.5) is 0 Å².